The number of aromatic nitrogens is 1. The van der Waals surface area contributed by atoms with Gasteiger partial charge in [-0.05, 0) is 48.6 Å². The standard InChI is InChI=1S/C28H38N4O3/c1-4-6-16-29-28(34)32(17-5-2)21-27(33)31(20-22-11-13-24(35-3)14-12-22)18-15-23-19-30-26-10-8-7-9-25(23)26/h7-14,19,30H,4-6,15-18,20-21H2,1-3H3,(H,29,34). The topological polar surface area (TPSA) is 77.7 Å². The lowest BCUT2D eigenvalue weighted by molar-refractivity contribution is -0.132. The molecular formula is C28H38N4O3. The van der Waals surface area contributed by atoms with Gasteiger partial charge in [0.2, 0.25) is 5.91 Å². The van der Waals surface area contributed by atoms with Crippen LogP contribution in [-0.4, -0.2) is 60.0 Å². The third kappa shape index (κ3) is 7.50. The average molecular weight is 479 g/mol. The Morgan fingerprint density at radius 1 is 0.971 bits per heavy atom. The quantitative estimate of drug-likeness (QED) is 0.341. The molecule has 0 spiro atoms. The van der Waals surface area contributed by atoms with E-state index in [9.17, 15) is 9.59 Å². The number of nitrogens with one attached hydrogen (secondary N) is 2. The molecule has 7 heteroatoms. The van der Waals surface area contributed by atoms with Crippen LogP contribution in [0.15, 0.2) is 54.7 Å². The maximum Gasteiger partial charge on any atom is 0.317 e. The largest absolute Gasteiger partial charge is 0.497 e. The molecule has 2 aromatic carbocycles. The lowest BCUT2D eigenvalue weighted by Gasteiger charge is -2.28. The molecule has 0 unspecified atom stereocenters. The van der Waals surface area contributed by atoms with E-state index in [1.54, 1.807) is 12.0 Å². The van der Waals surface area contributed by atoms with E-state index in [0.717, 1.165) is 42.5 Å². The smallest absolute Gasteiger partial charge is 0.317 e. The number of amides is 3. The van der Waals surface area contributed by atoms with Crippen molar-refractivity contribution >= 4 is 22.8 Å². The molecule has 0 atom stereocenters. The summed E-state index contributed by atoms with van der Waals surface area (Å²) < 4.78 is 5.27. The number of methoxy groups -OCH3 is 1. The van der Waals surface area contributed by atoms with Crippen LogP contribution in [0.5, 0.6) is 5.75 Å². The van der Waals surface area contributed by atoms with Crippen molar-refractivity contribution < 1.29 is 14.3 Å². The first-order valence-corrected chi connectivity index (χ1v) is 12.5. The molecular weight excluding hydrogens is 440 g/mol. The minimum absolute atomic E-state index is 0.0558. The number of rotatable bonds is 13. The number of hydrogen-bond acceptors (Lipinski definition) is 3. The molecule has 3 amide bonds. The van der Waals surface area contributed by atoms with Crippen LogP contribution in [0.3, 0.4) is 0 Å². The predicted molar refractivity (Wildman–Crippen MR) is 141 cm³/mol. The third-order valence-electron chi connectivity index (χ3n) is 6.12. The number of urea groups is 1. The lowest BCUT2D eigenvalue weighted by atomic mass is 10.1. The Bertz CT molecular complexity index is 1080. The van der Waals surface area contributed by atoms with Crippen LogP contribution in [-0.2, 0) is 17.8 Å². The Labute approximate surface area is 208 Å². The van der Waals surface area contributed by atoms with Crippen LogP contribution < -0.4 is 10.1 Å². The van der Waals surface area contributed by atoms with Gasteiger partial charge in [-0.3, -0.25) is 4.79 Å². The summed E-state index contributed by atoms with van der Waals surface area (Å²) in [6.45, 7) is 6.37. The number of carbonyl (C=O) groups is 2. The number of fused-ring (bicyclic) bond motifs is 1. The van der Waals surface area contributed by atoms with Crippen LogP contribution in [0.2, 0.25) is 0 Å². The van der Waals surface area contributed by atoms with Crippen LogP contribution in [0, 0.1) is 0 Å². The van der Waals surface area contributed by atoms with E-state index in [-0.39, 0.29) is 18.5 Å². The number of H-pyrrole nitrogens is 1. The minimum Gasteiger partial charge on any atom is -0.497 e. The molecule has 7 nitrogen and oxygen atoms in total. The maximum absolute atomic E-state index is 13.5. The lowest BCUT2D eigenvalue weighted by Crippen LogP contribution is -2.47. The Kier molecular flexibility index (Phi) is 10.0. The van der Waals surface area contributed by atoms with E-state index in [4.69, 9.17) is 4.74 Å². The fourth-order valence-corrected chi connectivity index (χ4v) is 4.11. The molecule has 0 bridgehead atoms. The summed E-state index contributed by atoms with van der Waals surface area (Å²) in [6.07, 6.45) is 5.47. The van der Waals surface area contributed by atoms with Gasteiger partial charge in [0.15, 0.2) is 0 Å². The van der Waals surface area contributed by atoms with Gasteiger partial charge in [-0.25, -0.2) is 4.79 Å². The number of ether oxygens (including phenoxy) is 1. The molecule has 3 aromatic rings. The van der Waals surface area contributed by atoms with Crippen molar-refractivity contribution in [2.75, 3.05) is 33.3 Å². The van der Waals surface area contributed by atoms with Crippen molar-refractivity contribution in [1.29, 1.82) is 0 Å². The highest BCUT2D eigenvalue weighted by Gasteiger charge is 2.21. The second kappa shape index (κ2) is 13.4. The summed E-state index contributed by atoms with van der Waals surface area (Å²) in [5.74, 6) is 0.725. The molecule has 35 heavy (non-hydrogen) atoms. The minimum atomic E-state index is -0.172. The highest BCUT2D eigenvalue weighted by molar-refractivity contribution is 5.85. The molecule has 188 valence electrons. The van der Waals surface area contributed by atoms with Gasteiger partial charge in [-0.15, -0.1) is 0 Å². The molecule has 0 saturated heterocycles. The summed E-state index contributed by atoms with van der Waals surface area (Å²) in [5, 5.41) is 4.12. The highest BCUT2D eigenvalue weighted by Crippen LogP contribution is 2.19. The van der Waals surface area contributed by atoms with Gasteiger partial charge in [-0.2, -0.15) is 0 Å². The number of nitrogens with zero attached hydrogens (tertiary/aromatic N) is 2. The van der Waals surface area contributed by atoms with E-state index in [2.05, 4.69) is 29.4 Å². The predicted octanol–water partition coefficient (Wildman–Crippen LogP) is 4.97. The first-order chi connectivity index (χ1) is 17.0. The first-order valence-electron chi connectivity index (χ1n) is 12.5. The monoisotopic (exact) mass is 478 g/mol. The van der Waals surface area contributed by atoms with Gasteiger partial charge < -0.3 is 24.8 Å². The van der Waals surface area contributed by atoms with Gasteiger partial charge in [0.05, 0.1) is 7.11 Å². The number of hydrogen-bond donors (Lipinski definition) is 2. The maximum atomic E-state index is 13.5. The van der Waals surface area contributed by atoms with Crippen molar-refractivity contribution in [3.63, 3.8) is 0 Å². The zero-order valence-electron chi connectivity index (χ0n) is 21.2. The Morgan fingerprint density at radius 2 is 1.74 bits per heavy atom. The molecule has 0 radical (unpaired) electrons. The van der Waals surface area contributed by atoms with Crippen LogP contribution >= 0.6 is 0 Å². The molecule has 0 aliphatic rings. The second-order valence-corrected chi connectivity index (χ2v) is 8.78. The molecule has 0 fully saturated rings. The van der Waals surface area contributed by atoms with E-state index in [1.165, 1.54) is 10.9 Å². The van der Waals surface area contributed by atoms with E-state index >= 15 is 0 Å². The number of unbranched alkanes of at least 4 members (excludes halogenated alkanes) is 1. The van der Waals surface area contributed by atoms with Gasteiger partial charge in [0, 0.05) is 43.3 Å². The summed E-state index contributed by atoms with van der Waals surface area (Å²) in [5.41, 5.74) is 3.29. The van der Waals surface area contributed by atoms with Crippen LogP contribution in [0.4, 0.5) is 4.79 Å². The SMILES string of the molecule is CCCCNC(=O)N(CCC)CC(=O)N(CCc1c[nH]c2ccccc12)Cc1ccc(OC)cc1. The first kappa shape index (κ1) is 26.1. The van der Waals surface area contributed by atoms with Gasteiger partial charge in [0.25, 0.3) is 0 Å². The van der Waals surface area contributed by atoms with E-state index in [0.29, 0.717) is 26.2 Å². The second-order valence-electron chi connectivity index (χ2n) is 8.78. The van der Waals surface area contributed by atoms with Crippen molar-refractivity contribution in [1.82, 2.24) is 20.1 Å². The zero-order chi connectivity index (χ0) is 25.0. The number of benzene rings is 2. The van der Waals surface area contributed by atoms with Gasteiger partial charge >= 0.3 is 6.03 Å². The summed E-state index contributed by atoms with van der Waals surface area (Å²) in [4.78, 5) is 33.0. The van der Waals surface area contributed by atoms with E-state index < -0.39 is 0 Å². The van der Waals surface area contributed by atoms with Gasteiger partial charge in [-0.1, -0.05) is 50.6 Å². The Balaban J connectivity index is 1.74. The molecule has 1 aromatic heterocycles. The fourth-order valence-electron chi connectivity index (χ4n) is 4.11. The highest BCUT2D eigenvalue weighted by atomic mass is 16.5. The summed E-state index contributed by atoms with van der Waals surface area (Å²) in [7, 11) is 1.64. The zero-order valence-corrected chi connectivity index (χ0v) is 21.2. The Morgan fingerprint density at radius 3 is 2.46 bits per heavy atom. The van der Waals surface area contributed by atoms with Crippen LogP contribution in [0.1, 0.15) is 44.2 Å². The molecule has 0 aliphatic carbocycles. The van der Waals surface area contributed by atoms with Crippen molar-refractivity contribution in [3.05, 3.63) is 65.9 Å². The third-order valence-corrected chi connectivity index (χ3v) is 6.12. The number of para-hydroxylation sites is 1. The number of aromatic amines is 1. The van der Waals surface area contributed by atoms with Crippen molar-refractivity contribution in [2.45, 2.75) is 46.1 Å². The Hall–Kier alpha value is -3.48. The van der Waals surface area contributed by atoms with Crippen molar-refractivity contribution in [3.8, 4) is 5.75 Å². The molecule has 2 N–H and O–H groups in total. The average Bonchev–Trinajstić information content (AvgIpc) is 3.29. The number of carbonyl (C=O) groups excluding carboxylic acids is 2. The summed E-state index contributed by atoms with van der Waals surface area (Å²) in [6, 6.07) is 15.8. The fraction of sp³-hybridized carbons (Fsp3) is 0.429. The van der Waals surface area contributed by atoms with E-state index in [1.807, 2.05) is 54.4 Å². The molecule has 3 rings (SSSR count). The van der Waals surface area contributed by atoms with Gasteiger partial charge in [0.1, 0.15) is 12.3 Å². The molecule has 0 aliphatic heterocycles. The molecule has 0 saturated carbocycles. The normalized spacial score (nSPS) is 10.8. The van der Waals surface area contributed by atoms with Crippen molar-refractivity contribution in [2.24, 2.45) is 0 Å². The summed E-state index contributed by atoms with van der Waals surface area (Å²) >= 11 is 0. The van der Waals surface area contributed by atoms with Crippen LogP contribution in [0.25, 0.3) is 10.9 Å². The molecule has 1 heterocycles.